The fourth-order valence-electron chi connectivity index (χ4n) is 0.188. The summed E-state index contributed by atoms with van der Waals surface area (Å²) in [5.74, 6) is 0.875. The van der Waals surface area contributed by atoms with Gasteiger partial charge in [0.2, 0.25) is 0 Å². The highest BCUT2D eigenvalue weighted by Crippen LogP contribution is 1.99. The summed E-state index contributed by atoms with van der Waals surface area (Å²) in [5, 5.41) is 9.74. The minimum atomic E-state index is 0.622. The van der Waals surface area contributed by atoms with Crippen LogP contribution >= 0.6 is 11.8 Å². The molecule has 0 rings (SSSR count). The summed E-state index contributed by atoms with van der Waals surface area (Å²) in [7, 11) is 0. The summed E-state index contributed by atoms with van der Waals surface area (Å²) in [6.45, 7) is 3.49. The lowest BCUT2D eigenvalue weighted by Gasteiger charge is -1.80. The van der Waals surface area contributed by atoms with Crippen molar-refractivity contribution in [2.24, 2.45) is 0 Å². The lowest BCUT2D eigenvalue weighted by Crippen LogP contribution is -1.67. The van der Waals surface area contributed by atoms with E-state index in [9.17, 15) is 0 Å². The average molecular weight is 113 g/mol. The molecule has 7 heavy (non-hydrogen) atoms. The van der Waals surface area contributed by atoms with Crippen LogP contribution in [0, 0.1) is 11.3 Å². The third-order valence-electron chi connectivity index (χ3n) is 0.450. The summed E-state index contributed by atoms with van der Waals surface area (Å²) in [6.07, 6.45) is 0.622. The first-order valence-electron chi connectivity index (χ1n) is 2.01. The zero-order chi connectivity index (χ0) is 5.54. The number of hydrogen-bond donors (Lipinski definition) is 0. The Kier molecular flexibility index (Phi) is 5.25. The van der Waals surface area contributed by atoms with E-state index in [-0.39, 0.29) is 0 Å². The maximum absolute atomic E-state index is 8.00. The number of thioether (sulfide) groups is 1. The molecule has 0 radical (unpaired) electrons. The van der Waals surface area contributed by atoms with Gasteiger partial charge in [0.05, 0.1) is 6.07 Å². The van der Waals surface area contributed by atoms with Gasteiger partial charge in [-0.2, -0.15) is 5.26 Å². The molecule has 0 heterocycles. The molecule has 0 amide bonds. The van der Waals surface area contributed by atoms with Crippen LogP contribution in [-0.2, 0) is 0 Å². The molecule has 0 bridgehead atoms. The highest BCUT2D eigenvalue weighted by atomic mass is 32.2. The molecule has 0 aromatic rings. The van der Waals surface area contributed by atoms with Gasteiger partial charge in [-0.25, -0.2) is 0 Å². The monoisotopic (exact) mass is 113 g/mol. The first-order valence-corrected chi connectivity index (χ1v) is 3.06. The smallest absolute Gasteiger partial charge is 0.0630 e. The molecule has 0 aliphatic heterocycles. The highest BCUT2D eigenvalue weighted by Gasteiger charge is 1.76. The predicted molar refractivity (Wildman–Crippen MR) is 32.9 cm³/mol. The number of nitriles is 1. The average Bonchev–Trinajstić information content (AvgIpc) is 1.69. The third kappa shape index (κ3) is 5.58. The molecule has 0 fully saturated rings. The molecule has 0 aliphatic carbocycles. The van der Waals surface area contributed by atoms with Crippen LogP contribution in [0.4, 0.5) is 0 Å². The molecular formula is C5H7NS. The lowest BCUT2D eigenvalue weighted by atomic mass is 10.6. The van der Waals surface area contributed by atoms with E-state index in [0.29, 0.717) is 6.42 Å². The molecular weight excluding hydrogens is 106 g/mol. The molecule has 0 aliphatic rings. The Morgan fingerprint density at radius 3 is 3.00 bits per heavy atom. The van der Waals surface area contributed by atoms with E-state index in [4.69, 9.17) is 5.26 Å². The molecule has 0 saturated carbocycles. The molecule has 0 N–H and O–H groups in total. The first kappa shape index (κ1) is 6.58. The minimum absolute atomic E-state index is 0.622. The fraction of sp³-hybridized carbons (Fsp3) is 0.400. The second kappa shape index (κ2) is 5.58. The molecule has 0 saturated heterocycles. The molecule has 0 spiro atoms. The molecule has 38 valence electrons. The van der Waals surface area contributed by atoms with Crippen molar-refractivity contribution in [3.8, 4) is 6.07 Å². The van der Waals surface area contributed by atoms with Crippen molar-refractivity contribution in [1.29, 1.82) is 5.26 Å². The van der Waals surface area contributed by atoms with Crippen molar-refractivity contribution in [3.05, 3.63) is 12.0 Å². The van der Waals surface area contributed by atoms with Crippen LogP contribution in [0.5, 0.6) is 0 Å². The predicted octanol–water partition coefficient (Wildman–Crippen LogP) is 1.78. The maximum Gasteiger partial charge on any atom is 0.0630 e. The van der Waals surface area contributed by atoms with Crippen molar-refractivity contribution in [1.82, 2.24) is 0 Å². The van der Waals surface area contributed by atoms with Crippen LogP contribution in [-0.4, -0.2) is 5.75 Å². The lowest BCUT2D eigenvalue weighted by molar-refractivity contribution is 1.24. The Morgan fingerprint density at radius 1 is 1.86 bits per heavy atom. The van der Waals surface area contributed by atoms with Crippen LogP contribution in [0.2, 0.25) is 0 Å². The van der Waals surface area contributed by atoms with Gasteiger partial charge >= 0.3 is 0 Å². The Bertz CT molecular complexity index is 82.6. The van der Waals surface area contributed by atoms with Crippen LogP contribution in [0.15, 0.2) is 12.0 Å². The van der Waals surface area contributed by atoms with E-state index >= 15 is 0 Å². The normalized spacial score (nSPS) is 7.29. The van der Waals surface area contributed by atoms with E-state index in [1.165, 1.54) is 0 Å². The van der Waals surface area contributed by atoms with Crippen LogP contribution in [0.25, 0.3) is 0 Å². The number of hydrogen-bond acceptors (Lipinski definition) is 2. The first-order chi connectivity index (χ1) is 3.41. The van der Waals surface area contributed by atoms with Gasteiger partial charge in [0.1, 0.15) is 0 Å². The summed E-state index contributed by atoms with van der Waals surface area (Å²) < 4.78 is 0. The van der Waals surface area contributed by atoms with Gasteiger partial charge < -0.3 is 0 Å². The number of rotatable bonds is 3. The van der Waals surface area contributed by atoms with Crippen LogP contribution in [0.3, 0.4) is 0 Å². The summed E-state index contributed by atoms with van der Waals surface area (Å²) in [4.78, 5) is 0. The van der Waals surface area contributed by atoms with Gasteiger partial charge in [0, 0.05) is 12.2 Å². The second-order valence-corrected chi connectivity index (χ2v) is 2.02. The Morgan fingerprint density at radius 2 is 2.57 bits per heavy atom. The topological polar surface area (TPSA) is 23.8 Å². The van der Waals surface area contributed by atoms with Gasteiger partial charge in [-0.1, -0.05) is 6.58 Å². The van der Waals surface area contributed by atoms with Crippen molar-refractivity contribution in [2.45, 2.75) is 6.42 Å². The molecule has 0 atom stereocenters. The van der Waals surface area contributed by atoms with E-state index in [2.05, 4.69) is 6.58 Å². The highest BCUT2D eigenvalue weighted by molar-refractivity contribution is 8.02. The third-order valence-corrected chi connectivity index (χ3v) is 1.13. The van der Waals surface area contributed by atoms with E-state index in [1.807, 2.05) is 6.07 Å². The largest absolute Gasteiger partial charge is 0.198 e. The second-order valence-electron chi connectivity index (χ2n) is 0.946. The van der Waals surface area contributed by atoms with E-state index in [0.717, 1.165) is 5.75 Å². The fourth-order valence-corrected chi connectivity index (χ4v) is 0.564. The van der Waals surface area contributed by atoms with Crippen molar-refractivity contribution < 1.29 is 0 Å². The van der Waals surface area contributed by atoms with Crippen molar-refractivity contribution in [2.75, 3.05) is 5.75 Å². The standard InChI is InChI=1S/C5H7NS/c1-2-7-5-3-4-6/h2H,1,3,5H2. The summed E-state index contributed by atoms with van der Waals surface area (Å²) in [6, 6.07) is 2.03. The number of nitrogens with zero attached hydrogens (tertiary/aromatic N) is 1. The zero-order valence-corrected chi connectivity index (χ0v) is 4.87. The molecule has 2 heteroatoms. The SMILES string of the molecule is C=CSCCC#N. The van der Waals surface area contributed by atoms with Crippen molar-refractivity contribution in [3.63, 3.8) is 0 Å². The van der Waals surface area contributed by atoms with Gasteiger partial charge in [-0.15, -0.1) is 11.8 Å². The van der Waals surface area contributed by atoms with E-state index in [1.54, 1.807) is 17.2 Å². The Labute approximate surface area is 48.0 Å². The van der Waals surface area contributed by atoms with Gasteiger partial charge in [-0.3, -0.25) is 0 Å². The molecule has 1 nitrogen and oxygen atoms in total. The van der Waals surface area contributed by atoms with Crippen LogP contribution < -0.4 is 0 Å². The van der Waals surface area contributed by atoms with Gasteiger partial charge in [0.25, 0.3) is 0 Å². The molecule has 0 aromatic heterocycles. The summed E-state index contributed by atoms with van der Waals surface area (Å²) >= 11 is 1.57. The minimum Gasteiger partial charge on any atom is -0.198 e. The van der Waals surface area contributed by atoms with Gasteiger partial charge in [-0.05, 0) is 5.41 Å². The quantitative estimate of drug-likeness (QED) is 0.521. The molecule has 0 aromatic carbocycles. The van der Waals surface area contributed by atoms with Crippen molar-refractivity contribution >= 4 is 11.8 Å². The Hall–Kier alpha value is -0.420. The van der Waals surface area contributed by atoms with Gasteiger partial charge in [0.15, 0.2) is 0 Å². The maximum atomic E-state index is 8.00. The Balaban J connectivity index is 2.72. The summed E-state index contributed by atoms with van der Waals surface area (Å²) in [5.41, 5.74) is 0. The zero-order valence-electron chi connectivity index (χ0n) is 4.05. The molecule has 0 unspecified atom stereocenters. The van der Waals surface area contributed by atoms with E-state index < -0.39 is 0 Å². The van der Waals surface area contributed by atoms with Crippen LogP contribution in [0.1, 0.15) is 6.42 Å².